The van der Waals surface area contributed by atoms with Gasteiger partial charge in [0.1, 0.15) is 0 Å². The molecule has 0 bridgehead atoms. The van der Waals surface area contributed by atoms with Crippen LogP contribution in [0.15, 0.2) is 47.4 Å². The maximum atomic E-state index is 13.0. The van der Waals surface area contributed by atoms with Gasteiger partial charge in [0.2, 0.25) is 5.91 Å². The molecule has 42 heavy (non-hydrogen) atoms. The molecule has 2 aromatic carbocycles. The average molecular weight is 612 g/mol. The number of rotatable bonds is 7. The molecule has 2 aromatic rings. The van der Waals surface area contributed by atoms with E-state index in [-0.39, 0.29) is 22.6 Å². The number of carbonyl (C=O) groups is 3. The first-order valence-electron chi connectivity index (χ1n) is 13.8. The van der Waals surface area contributed by atoms with Crippen LogP contribution in [0.4, 0.5) is 18.9 Å². The van der Waals surface area contributed by atoms with Crippen molar-refractivity contribution in [3.63, 3.8) is 0 Å². The zero-order valence-corrected chi connectivity index (χ0v) is 24.4. The van der Waals surface area contributed by atoms with Crippen molar-refractivity contribution in [1.82, 2.24) is 10.2 Å². The molecule has 0 aromatic heterocycles. The summed E-state index contributed by atoms with van der Waals surface area (Å²) >= 11 is 0. The molecule has 1 fully saturated rings. The Labute approximate surface area is 243 Å². The number of hydrogen-bond donors (Lipinski definition) is 3. The number of carboxylic acid groups (broad SMARTS) is 1. The van der Waals surface area contributed by atoms with Gasteiger partial charge in [-0.2, -0.15) is 13.2 Å². The van der Waals surface area contributed by atoms with E-state index < -0.39 is 22.2 Å². The minimum Gasteiger partial charge on any atom is -0.475 e. The highest BCUT2D eigenvalue weighted by Gasteiger charge is 2.38. The Morgan fingerprint density at radius 2 is 1.62 bits per heavy atom. The van der Waals surface area contributed by atoms with Gasteiger partial charge in [0.05, 0.1) is 10.8 Å². The third-order valence-corrected chi connectivity index (χ3v) is 8.40. The summed E-state index contributed by atoms with van der Waals surface area (Å²) in [5.74, 6) is -2.72. The number of hydrogen-bond acceptors (Lipinski definition) is 5. The highest BCUT2D eigenvalue weighted by Crippen LogP contribution is 2.26. The number of halogens is 3. The molecule has 0 radical (unpaired) electrons. The second kappa shape index (κ2) is 14.0. The maximum Gasteiger partial charge on any atom is 0.490 e. The summed E-state index contributed by atoms with van der Waals surface area (Å²) in [5, 5.41) is 10.1. The fraction of sp³-hybridized carbons (Fsp3) is 0.483. The minimum atomic E-state index is -5.08. The molecule has 2 amide bonds. The molecule has 4 rings (SSSR count). The number of carbonyl (C=O) groups excluding carboxylic acids is 2. The number of piperidine rings is 1. The van der Waals surface area contributed by atoms with Gasteiger partial charge in [0.25, 0.3) is 15.9 Å². The second-order valence-electron chi connectivity index (χ2n) is 10.9. The zero-order chi connectivity index (χ0) is 31.1. The van der Waals surface area contributed by atoms with E-state index in [1.54, 1.807) is 41.3 Å². The van der Waals surface area contributed by atoms with E-state index >= 15 is 0 Å². The summed E-state index contributed by atoms with van der Waals surface area (Å²) in [6.07, 6.45) is 0.609. The van der Waals surface area contributed by atoms with Crippen molar-refractivity contribution in [1.29, 1.82) is 0 Å². The maximum absolute atomic E-state index is 13.0. The number of alkyl halides is 3. The van der Waals surface area contributed by atoms with Crippen molar-refractivity contribution >= 4 is 33.5 Å². The number of nitrogens with one attached hydrogen (secondary N) is 2. The van der Waals surface area contributed by atoms with Crippen LogP contribution in [-0.4, -0.2) is 62.0 Å². The number of carboxylic acids is 1. The van der Waals surface area contributed by atoms with Gasteiger partial charge in [-0.1, -0.05) is 19.9 Å². The Morgan fingerprint density at radius 1 is 1.00 bits per heavy atom. The first kappa shape index (κ1) is 32.9. The van der Waals surface area contributed by atoms with Crippen molar-refractivity contribution in [2.24, 2.45) is 11.8 Å². The number of amides is 2. The fourth-order valence-electron chi connectivity index (χ4n) is 4.78. The lowest BCUT2D eigenvalue weighted by molar-refractivity contribution is -0.192. The number of benzene rings is 2. The van der Waals surface area contributed by atoms with Crippen molar-refractivity contribution in [2.75, 3.05) is 24.4 Å². The molecule has 1 aliphatic carbocycles. The monoisotopic (exact) mass is 611 g/mol. The summed E-state index contributed by atoms with van der Waals surface area (Å²) < 4.78 is 60.2. The SMILES string of the molecule is CC(C)CNC(=O)C1CCCN(C(=O)c2ccc(NS(=O)(=O)c3ccc4c(c3)CCCC4)cc2)C1.O=C(O)C(F)(F)F. The Kier molecular flexibility index (Phi) is 11.0. The van der Waals surface area contributed by atoms with Crippen LogP contribution in [0, 0.1) is 11.8 Å². The van der Waals surface area contributed by atoms with Gasteiger partial charge in [-0.25, -0.2) is 13.2 Å². The van der Waals surface area contributed by atoms with Crippen molar-refractivity contribution in [3.8, 4) is 0 Å². The number of aryl methyl sites for hydroxylation is 2. The molecular weight excluding hydrogens is 575 g/mol. The number of anilines is 1. The number of likely N-dealkylation sites (tertiary alicyclic amines) is 1. The standard InChI is InChI=1S/C27H35N3O4S.C2HF3O2/c1-19(2)17-28-26(31)23-8-5-15-30(18-23)27(32)21-9-12-24(13-10-21)29-35(33,34)25-14-11-20-6-3-4-7-22(20)16-25;3-2(4,5)1(6)7/h9-14,16,19,23,29H,3-8,15,17-18H2,1-2H3,(H,28,31);(H,6,7). The van der Waals surface area contributed by atoms with Crippen LogP contribution in [0.3, 0.4) is 0 Å². The molecule has 9 nitrogen and oxygen atoms in total. The molecule has 2 aliphatic rings. The highest BCUT2D eigenvalue weighted by atomic mass is 32.2. The quantitative estimate of drug-likeness (QED) is 0.419. The van der Waals surface area contributed by atoms with Gasteiger partial charge < -0.3 is 15.3 Å². The van der Waals surface area contributed by atoms with Gasteiger partial charge in [-0.05, 0) is 92.0 Å². The normalized spacial score (nSPS) is 17.0. The number of fused-ring (bicyclic) bond motifs is 1. The van der Waals surface area contributed by atoms with Gasteiger partial charge >= 0.3 is 12.1 Å². The van der Waals surface area contributed by atoms with E-state index in [9.17, 15) is 31.2 Å². The van der Waals surface area contributed by atoms with Gasteiger partial charge in [0, 0.05) is 30.9 Å². The van der Waals surface area contributed by atoms with E-state index in [1.165, 1.54) is 5.56 Å². The predicted octanol–water partition coefficient (Wildman–Crippen LogP) is 4.62. The van der Waals surface area contributed by atoms with E-state index in [0.29, 0.717) is 36.8 Å². The Hall–Kier alpha value is -3.61. The topological polar surface area (TPSA) is 133 Å². The van der Waals surface area contributed by atoms with Gasteiger partial charge in [-0.3, -0.25) is 14.3 Å². The van der Waals surface area contributed by atoms with Crippen LogP contribution in [0.1, 0.15) is 61.0 Å². The number of aliphatic carboxylic acids is 1. The van der Waals surface area contributed by atoms with Crippen LogP contribution in [0.2, 0.25) is 0 Å². The molecule has 3 N–H and O–H groups in total. The lowest BCUT2D eigenvalue weighted by Crippen LogP contribution is -2.46. The van der Waals surface area contributed by atoms with Gasteiger partial charge in [-0.15, -0.1) is 0 Å². The first-order valence-corrected chi connectivity index (χ1v) is 15.3. The summed E-state index contributed by atoms with van der Waals surface area (Å²) in [6.45, 7) is 5.74. The molecule has 1 aliphatic heterocycles. The molecule has 13 heteroatoms. The fourth-order valence-corrected chi connectivity index (χ4v) is 5.89. The zero-order valence-electron chi connectivity index (χ0n) is 23.5. The number of nitrogens with zero attached hydrogens (tertiary/aromatic N) is 1. The van der Waals surface area contributed by atoms with Crippen molar-refractivity contribution < 1.29 is 41.1 Å². The van der Waals surface area contributed by atoms with Crippen LogP contribution in [0.5, 0.6) is 0 Å². The molecular formula is C29H36F3N3O6S. The number of sulfonamides is 1. The van der Waals surface area contributed by atoms with Crippen LogP contribution in [0.25, 0.3) is 0 Å². The van der Waals surface area contributed by atoms with Crippen molar-refractivity contribution in [2.45, 2.75) is 63.4 Å². The van der Waals surface area contributed by atoms with E-state index in [0.717, 1.165) is 44.1 Å². The summed E-state index contributed by atoms with van der Waals surface area (Å²) in [7, 11) is -3.72. The minimum absolute atomic E-state index is 0.00290. The van der Waals surface area contributed by atoms with E-state index in [2.05, 4.69) is 10.0 Å². The summed E-state index contributed by atoms with van der Waals surface area (Å²) in [5.41, 5.74) is 3.22. The predicted molar refractivity (Wildman–Crippen MR) is 151 cm³/mol. The van der Waals surface area contributed by atoms with Crippen LogP contribution in [-0.2, 0) is 32.5 Å². The summed E-state index contributed by atoms with van der Waals surface area (Å²) in [6, 6.07) is 11.8. The molecule has 1 atom stereocenters. The molecule has 0 spiro atoms. The first-order chi connectivity index (χ1) is 19.7. The molecule has 0 saturated carbocycles. The third kappa shape index (κ3) is 9.20. The Bertz CT molecular complexity index is 1380. The van der Waals surface area contributed by atoms with Crippen molar-refractivity contribution in [3.05, 3.63) is 59.2 Å². The Morgan fingerprint density at radius 3 is 2.21 bits per heavy atom. The Balaban J connectivity index is 0.000000616. The van der Waals surface area contributed by atoms with Crippen LogP contribution < -0.4 is 10.0 Å². The molecule has 1 unspecified atom stereocenters. The smallest absolute Gasteiger partial charge is 0.475 e. The summed E-state index contributed by atoms with van der Waals surface area (Å²) in [4.78, 5) is 36.4. The third-order valence-electron chi connectivity index (χ3n) is 7.02. The average Bonchev–Trinajstić information content (AvgIpc) is 2.95. The second-order valence-corrected chi connectivity index (χ2v) is 12.5. The molecule has 1 saturated heterocycles. The van der Waals surface area contributed by atoms with Gasteiger partial charge in [0.15, 0.2) is 0 Å². The van der Waals surface area contributed by atoms with E-state index in [1.807, 2.05) is 19.9 Å². The highest BCUT2D eigenvalue weighted by molar-refractivity contribution is 7.92. The van der Waals surface area contributed by atoms with E-state index in [4.69, 9.17) is 9.90 Å². The van der Waals surface area contributed by atoms with Crippen LogP contribution >= 0.6 is 0 Å². The molecule has 1 heterocycles. The largest absolute Gasteiger partial charge is 0.490 e. The lowest BCUT2D eigenvalue weighted by atomic mass is 9.92. The molecule has 230 valence electrons. The lowest BCUT2D eigenvalue weighted by Gasteiger charge is -2.32.